The molecule has 0 bridgehead atoms. The molecule has 0 aromatic heterocycles. The van der Waals surface area contributed by atoms with E-state index in [9.17, 15) is 0 Å². The first-order chi connectivity index (χ1) is 4.27. The highest BCUT2D eigenvalue weighted by Crippen LogP contribution is 1.92. The molecule has 0 aromatic rings. The van der Waals surface area contributed by atoms with E-state index in [2.05, 4.69) is 6.92 Å². The standard InChI is InChI=1S/C7H14O2/c1-2-3-4-5-6-7(8)9/h4-5,7-9H,2-3,6H2,1H3/b5-4+. The number of aliphatic hydroxyl groups is 2. The molecule has 0 fully saturated rings. The highest BCUT2D eigenvalue weighted by Gasteiger charge is 1.88. The van der Waals surface area contributed by atoms with Crippen molar-refractivity contribution in [3.8, 4) is 0 Å². The van der Waals surface area contributed by atoms with Crippen LogP contribution in [0.15, 0.2) is 12.2 Å². The van der Waals surface area contributed by atoms with E-state index >= 15 is 0 Å². The second kappa shape index (κ2) is 5.79. The van der Waals surface area contributed by atoms with E-state index in [1.807, 2.05) is 6.08 Å². The highest BCUT2D eigenvalue weighted by atomic mass is 16.5. The van der Waals surface area contributed by atoms with Crippen LogP contribution in [-0.4, -0.2) is 16.5 Å². The zero-order valence-corrected chi connectivity index (χ0v) is 5.75. The van der Waals surface area contributed by atoms with Crippen LogP contribution >= 0.6 is 0 Å². The van der Waals surface area contributed by atoms with Crippen LogP contribution in [0, 0.1) is 0 Å². The van der Waals surface area contributed by atoms with Gasteiger partial charge < -0.3 is 10.2 Å². The number of unbranched alkanes of at least 4 members (excludes halogenated alkanes) is 1. The summed E-state index contributed by atoms with van der Waals surface area (Å²) in [4.78, 5) is 0. The van der Waals surface area contributed by atoms with Crippen LogP contribution < -0.4 is 0 Å². The second-order valence-corrected chi connectivity index (χ2v) is 1.98. The van der Waals surface area contributed by atoms with Gasteiger partial charge in [-0.15, -0.1) is 0 Å². The molecule has 0 spiro atoms. The normalized spacial score (nSPS) is 11.6. The minimum Gasteiger partial charge on any atom is -0.368 e. The van der Waals surface area contributed by atoms with Crippen molar-refractivity contribution in [3.63, 3.8) is 0 Å². The molecule has 0 atom stereocenters. The van der Waals surface area contributed by atoms with Crippen molar-refractivity contribution in [1.29, 1.82) is 0 Å². The number of hydrogen-bond donors (Lipinski definition) is 2. The maximum Gasteiger partial charge on any atom is 0.154 e. The monoisotopic (exact) mass is 130 g/mol. The van der Waals surface area contributed by atoms with E-state index in [1.54, 1.807) is 6.08 Å². The van der Waals surface area contributed by atoms with Gasteiger partial charge in [0.1, 0.15) is 0 Å². The third kappa shape index (κ3) is 7.66. The number of allylic oxidation sites excluding steroid dienone is 1. The van der Waals surface area contributed by atoms with Crippen LogP contribution in [0.25, 0.3) is 0 Å². The number of hydrogen-bond acceptors (Lipinski definition) is 2. The van der Waals surface area contributed by atoms with E-state index in [4.69, 9.17) is 10.2 Å². The predicted octanol–water partition coefficient (Wildman–Crippen LogP) is 1.04. The maximum atomic E-state index is 8.36. The maximum absolute atomic E-state index is 8.36. The first kappa shape index (κ1) is 8.66. The molecule has 9 heavy (non-hydrogen) atoms. The summed E-state index contributed by atoms with van der Waals surface area (Å²) < 4.78 is 0. The molecule has 0 aromatic carbocycles. The van der Waals surface area contributed by atoms with Crippen LogP contribution in [0.1, 0.15) is 26.2 Å². The molecular formula is C7H14O2. The van der Waals surface area contributed by atoms with Gasteiger partial charge in [-0.05, 0) is 6.42 Å². The molecule has 2 heteroatoms. The Balaban J connectivity index is 3.04. The summed E-state index contributed by atoms with van der Waals surface area (Å²) in [6.45, 7) is 2.08. The summed E-state index contributed by atoms with van der Waals surface area (Å²) in [5, 5.41) is 16.7. The van der Waals surface area contributed by atoms with Gasteiger partial charge in [-0.25, -0.2) is 0 Å². The average molecular weight is 130 g/mol. The summed E-state index contributed by atoms with van der Waals surface area (Å²) in [7, 11) is 0. The summed E-state index contributed by atoms with van der Waals surface area (Å²) in [5.41, 5.74) is 0. The van der Waals surface area contributed by atoms with Gasteiger partial charge in [-0.2, -0.15) is 0 Å². The fourth-order valence-electron chi connectivity index (χ4n) is 0.502. The van der Waals surface area contributed by atoms with Gasteiger partial charge in [0.25, 0.3) is 0 Å². The van der Waals surface area contributed by atoms with Crippen molar-refractivity contribution in [2.75, 3.05) is 0 Å². The summed E-state index contributed by atoms with van der Waals surface area (Å²) >= 11 is 0. The lowest BCUT2D eigenvalue weighted by Crippen LogP contribution is -2.00. The molecule has 0 rings (SSSR count). The molecule has 0 amide bonds. The number of rotatable bonds is 4. The van der Waals surface area contributed by atoms with E-state index in [0.717, 1.165) is 12.8 Å². The van der Waals surface area contributed by atoms with Crippen LogP contribution in [0.5, 0.6) is 0 Å². The molecule has 0 aliphatic heterocycles. The topological polar surface area (TPSA) is 40.5 Å². The van der Waals surface area contributed by atoms with Gasteiger partial charge >= 0.3 is 0 Å². The summed E-state index contributed by atoms with van der Waals surface area (Å²) in [6, 6.07) is 0. The lowest BCUT2D eigenvalue weighted by Gasteiger charge is -1.94. The minimum absolute atomic E-state index is 0.347. The SMILES string of the molecule is CCC/C=C/CC(O)O. The zero-order chi connectivity index (χ0) is 7.11. The lowest BCUT2D eigenvalue weighted by atomic mass is 10.3. The van der Waals surface area contributed by atoms with Gasteiger partial charge in [0.05, 0.1) is 0 Å². The molecule has 0 saturated heterocycles. The van der Waals surface area contributed by atoms with Crippen LogP contribution in [0.3, 0.4) is 0 Å². The minimum atomic E-state index is -1.18. The third-order valence-electron chi connectivity index (χ3n) is 0.969. The second-order valence-electron chi connectivity index (χ2n) is 1.98. The molecule has 2 nitrogen and oxygen atoms in total. The van der Waals surface area contributed by atoms with E-state index in [1.165, 1.54) is 0 Å². The molecule has 0 aliphatic rings. The molecule has 2 N–H and O–H groups in total. The van der Waals surface area contributed by atoms with Gasteiger partial charge in [0, 0.05) is 6.42 Å². The van der Waals surface area contributed by atoms with Crippen molar-refractivity contribution in [1.82, 2.24) is 0 Å². The molecular weight excluding hydrogens is 116 g/mol. The van der Waals surface area contributed by atoms with E-state index in [0.29, 0.717) is 6.42 Å². The Morgan fingerprint density at radius 1 is 1.33 bits per heavy atom. The van der Waals surface area contributed by atoms with Crippen molar-refractivity contribution in [2.45, 2.75) is 32.5 Å². The Hall–Kier alpha value is -0.340. The Morgan fingerprint density at radius 2 is 2.00 bits per heavy atom. The third-order valence-corrected chi connectivity index (χ3v) is 0.969. The Labute approximate surface area is 55.8 Å². The van der Waals surface area contributed by atoms with Gasteiger partial charge in [0.2, 0.25) is 0 Å². The van der Waals surface area contributed by atoms with Crippen molar-refractivity contribution >= 4 is 0 Å². The number of aliphatic hydroxyl groups excluding tert-OH is 1. The van der Waals surface area contributed by atoms with Crippen molar-refractivity contribution < 1.29 is 10.2 Å². The summed E-state index contributed by atoms with van der Waals surface area (Å²) in [5.74, 6) is 0. The molecule has 0 saturated carbocycles. The van der Waals surface area contributed by atoms with Crippen LogP contribution in [-0.2, 0) is 0 Å². The first-order valence-corrected chi connectivity index (χ1v) is 3.28. The van der Waals surface area contributed by atoms with Gasteiger partial charge in [-0.1, -0.05) is 25.5 Å². The molecule has 0 heterocycles. The largest absolute Gasteiger partial charge is 0.368 e. The predicted molar refractivity (Wildman–Crippen MR) is 36.9 cm³/mol. The molecule has 54 valence electrons. The van der Waals surface area contributed by atoms with E-state index in [-0.39, 0.29) is 0 Å². The fourth-order valence-corrected chi connectivity index (χ4v) is 0.502. The van der Waals surface area contributed by atoms with Gasteiger partial charge in [-0.3, -0.25) is 0 Å². The highest BCUT2D eigenvalue weighted by molar-refractivity contribution is 4.81. The van der Waals surface area contributed by atoms with Crippen LogP contribution in [0.2, 0.25) is 0 Å². The average Bonchev–Trinajstić information content (AvgIpc) is 1.80. The quantitative estimate of drug-likeness (QED) is 0.441. The van der Waals surface area contributed by atoms with E-state index < -0.39 is 6.29 Å². The molecule has 0 aliphatic carbocycles. The van der Waals surface area contributed by atoms with Gasteiger partial charge in [0.15, 0.2) is 6.29 Å². The Kier molecular flexibility index (Phi) is 5.57. The first-order valence-electron chi connectivity index (χ1n) is 3.28. The Bertz CT molecular complexity index is 77.0. The Morgan fingerprint density at radius 3 is 2.44 bits per heavy atom. The fraction of sp³-hybridized carbons (Fsp3) is 0.714. The smallest absolute Gasteiger partial charge is 0.154 e. The van der Waals surface area contributed by atoms with Crippen molar-refractivity contribution in [3.05, 3.63) is 12.2 Å². The lowest BCUT2D eigenvalue weighted by molar-refractivity contribution is -0.0361. The molecule has 0 unspecified atom stereocenters. The van der Waals surface area contributed by atoms with Crippen molar-refractivity contribution in [2.24, 2.45) is 0 Å². The molecule has 0 radical (unpaired) electrons. The van der Waals surface area contributed by atoms with Crippen LogP contribution in [0.4, 0.5) is 0 Å². The summed E-state index contributed by atoms with van der Waals surface area (Å²) in [6.07, 6.45) is 5.04. The zero-order valence-electron chi connectivity index (χ0n) is 5.75.